The number of amides is 1. The standard InChI is InChI=1S/C25H30ClN3O6S/c1-33-22-5-3-20(15-21(22)26)36(31,32)29-8-6-19(7-9-29)25(30)28-12-10-27(11-13-28)16-18-2-4-23-24(14-18)35-17-34-23/h2-5,14-15,19H,6-13,16-17H2,1H3. The Hall–Kier alpha value is -2.53. The number of sulfonamides is 1. The number of carbonyl (C=O) groups is 1. The third kappa shape index (κ3) is 5.13. The highest BCUT2D eigenvalue weighted by Gasteiger charge is 2.35. The van der Waals surface area contributed by atoms with E-state index in [1.165, 1.54) is 23.5 Å². The lowest BCUT2D eigenvalue weighted by atomic mass is 9.96. The minimum absolute atomic E-state index is 0.127. The van der Waals surface area contributed by atoms with Crippen LogP contribution in [0.15, 0.2) is 41.3 Å². The molecule has 194 valence electrons. The SMILES string of the molecule is COc1ccc(S(=O)(=O)N2CCC(C(=O)N3CCN(Cc4ccc5c(c4)OCO5)CC3)CC2)cc1Cl. The number of piperidine rings is 1. The molecule has 3 aliphatic heterocycles. The van der Waals surface area contributed by atoms with Crippen LogP contribution in [0.25, 0.3) is 0 Å². The van der Waals surface area contributed by atoms with Gasteiger partial charge in [-0.3, -0.25) is 9.69 Å². The molecule has 0 unspecified atom stereocenters. The third-order valence-corrected chi connectivity index (χ3v) is 9.28. The lowest BCUT2D eigenvalue weighted by molar-refractivity contribution is -0.138. The van der Waals surface area contributed by atoms with Crippen LogP contribution in [0.5, 0.6) is 17.2 Å². The van der Waals surface area contributed by atoms with Crippen molar-refractivity contribution in [2.75, 3.05) is 53.2 Å². The molecule has 0 aromatic heterocycles. The molecular weight excluding hydrogens is 506 g/mol. The molecule has 36 heavy (non-hydrogen) atoms. The minimum atomic E-state index is -3.68. The molecule has 0 aliphatic carbocycles. The molecule has 3 heterocycles. The van der Waals surface area contributed by atoms with E-state index in [9.17, 15) is 13.2 Å². The molecule has 0 radical (unpaired) electrons. The van der Waals surface area contributed by atoms with Crippen LogP contribution in [0.3, 0.4) is 0 Å². The van der Waals surface area contributed by atoms with Crippen LogP contribution in [0.4, 0.5) is 0 Å². The minimum Gasteiger partial charge on any atom is -0.495 e. The molecular formula is C25H30ClN3O6S. The van der Waals surface area contributed by atoms with E-state index >= 15 is 0 Å². The number of halogens is 1. The first-order valence-corrected chi connectivity index (χ1v) is 13.9. The number of rotatable bonds is 6. The highest BCUT2D eigenvalue weighted by Crippen LogP contribution is 2.33. The average molecular weight is 536 g/mol. The number of benzene rings is 2. The second kappa shape index (κ2) is 10.5. The Morgan fingerprint density at radius 2 is 1.72 bits per heavy atom. The fourth-order valence-corrected chi connectivity index (χ4v) is 6.80. The number of methoxy groups -OCH3 is 1. The molecule has 0 saturated carbocycles. The summed E-state index contributed by atoms with van der Waals surface area (Å²) in [6.07, 6.45) is 1.03. The van der Waals surface area contributed by atoms with E-state index in [2.05, 4.69) is 4.90 Å². The Morgan fingerprint density at radius 3 is 2.42 bits per heavy atom. The zero-order valence-electron chi connectivity index (χ0n) is 20.2. The third-order valence-electron chi connectivity index (χ3n) is 7.09. The highest BCUT2D eigenvalue weighted by molar-refractivity contribution is 7.89. The van der Waals surface area contributed by atoms with Crippen molar-refractivity contribution < 1.29 is 27.4 Å². The maximum Gasteiger partial charge on any atom is 0.243 e. The lowest BCUT2D eigenvalue weighted by Gasteiger charge is -2.38. The first-order chi connectivity index (χ1) is 17.3. The first-order valence-electron chi connectivity index (χ1n) is 12.1. The summed E-state index contributed by atoms with van der Waals surface area (Å²) >= 11 is 6.13. The summed E-state index contributed by atoms with van der Waals surface area (Å²) in [5, 5.41) is 0.251. The van der Waals surface area contributed by atoms with Crippen molar-refractivity contribution in [2.45, 2.75) is 24.3 Å². The number of hydrogen-bond acceptors (Lipinski definition) is 7. The fourth-order valence-electron chi connectivity index (χ4n) is 4.98. The van der Waals surface area contributed by atoms with E-state index < -0.39 is 10.0 Å². The molecule has 0 N–H and O–H groups in total. The van der Waals surface area contributed by atoms with Gasteiger partial charge in [-0.2, -0.15) is 4.31 Å². The van der Waals surface area contributed by atoms with Crippen LogP contribution in [-0.2, 0) is 21.4 Å². The van der Waals surface area contributed by atoms with Crippen LogP contribution in [-0.4, -0.2) is 81.6 Å². The van der Waals surface area contributed by atoms with Gasteiger partial charge < -0.3 is 19.1 Å². The number of hydrogen-bond donors (Lipinski definition) is 0. The van der Waals surface area contributed by atoms with Crippen LogP contribution in [0, 0.1) is 5.92 Å². The number of fused-ring (bicyclic) bond motifs is 1. The van der Waals surface area contributed by atoms with Gasteiger partial charge in [0.15, 0.2) is 11.5 Å². The van der Waals surface area contributed by atoms with Gasteiger partial charge in [0.2, 0.25) is 22.7 Å². The molecule has 2 aromatic rings. The van der Waals surface area contributed by atoms with Gasteiger partial charge in [-0.25, -0.2) is 8.42 Å². The zero-order valence-corrected chi connectivity index (χ0v) is 21.8. The van der Waals surface area contributed by atoms with Crippen LogP contribution in [0.1, 0.15) is 18.4 Å². The van der Waals surface area contributed by atoms with E-state index in [0.717, 1.165) is 36.7 Å². The van der Waals surface area contributed by atoms with Gasteiger partial charge in [0.1, 0.15) is 5.75 Å². The summed E-state index contributed by atoms with van der Waals surface area (Å²) in [4.78, 5) is 17.6. The van der Waals surface area contributed by atoms with E-state index in [1.54, 1.807) is 6.07 Å². The lowest BCUT2D eigenvalue weighted by Crippen LogP contribution is -2.51. The number of nitrogens with zero attached hydrogens (tertiary/aromatic N) is 3. The molecule has 2 fully saturated rings. The van der Waals surface area contributed by atoms with Gasteiger partial charge in [-0.1, -0.05) is 17.7 Å². The Balaban J connectivity index is 1.11. The van der Waals surface area contributed by atoms with Crippen molar-refractivity contribution in [1.82, 2.24) is 14.1 Å². The Bertz CT molecular complexity index is 1220. The molecule has 5 rings (SSSR count). The van der Waals surface area contributed by atoms with E-state index in [1.807, 2.05) is 23.1 Å². The van der Waals surface area contributed by atoms with Gasteiger partial charge >= 0.3 is 0 Å². The fraction of sp³-hybridized carbons (Fsp3) is 0.480. The van der Waals surface area contributed by atoms with Gasteiger partial charge in [-0.15, -0.1) is 0 Å². The normalized spacial score (nSPS) is 19.4. The van der Waals surface area contributed by atoms with Gasteiger partial charge in [0, 0.05) is 51.7 Å². The first kappa shape index (κ1) is 25.1. The Kier molecular flexibility index (Phi) is 7.30. The van der Waals surface area contributed by atoms with Crippen molar-refractivity contribution in [3.05, 3.63) is 47.0 Å². The van der Waals surface area contributed by atoms with E-state index in [0.29, 0.717) is 44.8 Å². The summed E-state index contributed by atoms with van der Waals surface area (Å²) in [5.41, 5.74) is 1.16. The zero-order chi connectivity index (χ0) is 25.3. The summed E-state index contributed by atoms with van der Waals surface area (Å²) in [5.74, 6) is 1.96. The molecule has 11 heteroatoms. The quantitative estimate of drug-likeness (QED) is 0.562. The van der Waals surface area contributed by atoms with Crippen LogP contribution >= 0.6 is 11.6 Å². The Morgan fingerprint density at radius 1 is 1.00 bits per heavy atom. The predicted molar refractivity (Wildman–Crippen MR) is 134 cm³/mol. The molecule has 0 spiro atoms. The number of ether oxygens (including phenoxy) is 3. The smallest absolute Gasteiger partial charge is 0.243 e. The molecule has 0 atom stereocenters. The maximum absolute atomic E-state index is 13.2. The summed E-state index contributed by atoms with van der Waals surface area (Å²) in [6, 6.07) is 10.5. The van der Waals surface area contributed by atoms with Gasteiger partial charge in [-0.05, 0) is 48.7 Å². The monoisotopic (exact) mass is 535 g/mol. The number of carbonyl (C=O) groups excluding carboxylic acids is 1. The van der Waals surface area contributed by atoms with E-state index in [-0.39, 0.29) is 28.5 Å². The predicted octanol–water partition coefficient (Wildman–Crippen LogP) is 2.82. The Labute approximate surface area is 216 Å². The van der Waals surface area contributed by atoms with Crippen molar-refractivity contribution >= 4 is 27.5 Å². The van der Waals surface area contributed by atoms with Crippen LogP contribution in [0.2, 0.25) is 5.02 Å². The largest absolute Gasteiger partial charge is 0.495 e. The van der Waals surface area contributed by atoms with Gasteiger partial charge in [0.05, 0.1) is 17.0 Å². The van der Waals surface area contributed by atoms with E-state index in [4.69, 9.17) is 25.8 Å². The van der Waals surface area contributed by atoms with Crippen molar-refractivity contribution in [3.63, 3.8) is 0 Å². The maximum atomic E-state index is 13.2. The van der Waals surface area contributed by atoms with Crippen molar-refractivity contribution in [3.8, 4) is 17.2 Å². The molecule has 3 aliphatic rings. The van der Waals surface area contributed by atoms with Gasteiger partial charge in [0.25, 0.3) is 0 Å². The summed E-state index contributed by atoms with van der Waals surface area (Å²) in [7, 11) is -2.20. The van der Waals surface area contributed by atoms with Crippen molar-refractivity contribution in [1.29, 1.82) is 0 Å². The molecule has 0 bridgehead atoms. The molecule has 1 amide bonds. The number of piperazine rings is 1. The highest BCUT2D eigenvalue weighted by atomic mass is 35.5. The summed E-state index contributed by atoms with van der Waals surface area (Å²) < 4.78 is 43.6. The topological polar surface area (TPSA) is 88.6 Å². The van der Waals surface area contributed by atoms with Crippen molar-refractivity contribution in [2.24, 2.45) is 5.92 Å². The average Bonchev–Trinajstić information content (AvgIpc) is 3.37. The molecule has 9 nitrogen and oxygen atoms in total. The van der Waals surface area contributed by atoms with Crippen LogP contribution < -0.4 is 14.2 Å². The summed E-state index contributed by atoms with van der Waals surface area (Å²) in [6.45, 7) is 4.62. The molecule has 2 saturated heterocycles. The molecule has 2 aromatic carbocycles. The second-order valence-corrected chi connectivity index (χ2v) is 11.6. The second-order valence-electron chi connectivity index (χ2n) is 9.26.